The van der Waals surface area contributed by atoms with Gasteiger partial charge in [0.05, 0.1) is 13.2 Å². The van der Waals surface area contributed by atoms with Gasteiger partial charge in [-0.05, 0) is 43.2 Å². The summed E-state index contributed by atoms with van der Waals surface area (Å²) in [5, 5.41) is 14.5. The van der Waals surface area contributed by atoms with E-state index < -0.39 is 8.30 Å². The monoisotopic (exact) mass is 375 g/mol. The molecule has 0 aliphatic carbocycles. The lowest BCUT2D eigenvalue weighted by atomic mass is 10.1. The normalized spacial score (nSPS) is 12.8. The van der Waals surface area contributed by atoms with Gasteiger partial charge >= 0.3 is 5.97 Å². The molecule has 6 heteroatoms. The van der Waals surface area contributed by atoms with Crippen LogP contribution >= 0.6 is 8.30 Å². The third-order valence-corrected chi connectivity index (χ3v) is 5.32. The molecule has 0 saturated heterocycles. The fourth-order valence-corrected chi connectivity index (χ4v) is 3.72. The summed E-state index contributed by atoms with van der Waals surface area (Å²) in [7, 11) is -1.05. The smallest absolute Gasteiger partial charge is 0.320 e. The van der Waals surface area contributed by atoms with Crippen molar-refractivity contribution in [3.05, 3.63) is 54.1 Å². The summed E-state index contributed by atoms with van der Waals surface area (Å²) >= 11 is 0. The topological polar surface area (TPSA) is 67.8 Å². The number of benzene rings is 2. The standard InChI is InChI=1S/C20H26NO4P/c1-3-24-20(23)14-21-26(12-6-7-16(2)15-22)25-19-11-10-17-8-4-5-9-18(17)13-19/h4-5,7-11,13,21-22H,3,6,12,14-15H2,1-2H3/b16-7+. The van der Waals surface area contributed by atoms with Gasteiger partial charge in [-0.2, -0.15) is 0 Å². The van der Waals surface area contributed by atoms with E-state index in [1.165, 1.54) is 0 Å². The van der Waals surface area contributed by atoms with Crippen LogP contribution in [0.15, 0.2) is 54.1 Å². The van der Waals surface area contributed by atoms with Crippen molar-refractivity contribution in [2.75, 3.05) is 25.9 Å². The van der Waals surface area contributed by atoms with Crippen LogP contribution in [-0.4, -0.2) is 37.0 Å². The van der Waals surface area contributed by atoms with Crippen molar-refractivity contribution in [1.82, 2.24) is 5.09 Å². The first-order valence-electron chi connectivity index (χ1n) is 8.72. The summed E-state index contributed by atoms with van der Waals surface area (Å²) in [6, 6.07) is 14.1. The molecular formula is C20H26NO4P. The van der Waals surface area contributed by atoms with Gasteiger partial charge in [-0.3, -0.25) is 9.88 Å². The third-order valence-electron chi connectivity index (χ3n) is 3.72. The van der Waals surface area contributed by atoms with Crippen LogP contribution in [0.3, 0.4) is 0 Å². The molecule has 0 aliphatic heterocycles. The van der Waals surface area contributed by atoms with Gasteiger partial charge in [0.1, 0.15) is 12.3 Å². The lowest BCUT2D eigenvalue weighted by Crippen LogP contribution is -2.23. The van der Waals surface area contributed by atoms with Gasteiger partial charge < -0.3 is 14.4 Å². The summed E-state index contributed by atoms with van der Waals surface area (Å²) in [5.41, 5.74) is 0.927. The first kappa shape index (κ1) is 20.4. The van der Waals surface area contributed by atoms with Gasteiger partial charge in [0.25, 0.3) is 0 Å². The number of allylic oxidation sites excluding steroid dienone is 1. The van der Waals surface area contributed by atoms with Crippen molar-refractivity contribution in [3.63, 3.8) is 0 Å². The first-order chi connectivity index (χ1) is 12.6. The van der Waals surface area contributed by atoms with Gasteiger partial charge in [-0.1, -0.05) is 42.0 Å². The predicted octanol–water partition coefficient (Wildman–Crippen LogP) is 4.01. The highest BCUT2D eigenvalue weighted by Crippen LogP contribution is 2.36. The molecular weight excluding hydrogens is 349 g/mol. The molecule has 2 aromatic carbocycles. The fourth-order valence-electron chi connectivity index (χ4n) is 2.37. The van der Waals surface area contributed by atoms with Crippen LogP contribution in [0.5, 0.6) is 5.75 Å². The van der Waals surface area contributed by atoms with E-state index in [0.29, 0.717) is 6.61 Å². The van der Waals surface area contributed by atoms with Crippen LogP contribution < -0.4 is 9.61 Å². The Labute approximate surface area is 155 Å². The van der Waals surface area contributed by atoms with E-state index in [1.807, 2.05) is 49.4 Å². The van der Waals surface area contributed by atoms with E-state index in [4.69, 9.17) is 14.4 Å². The van der Waals surface area contributed by atoms with E-state index in [1.54, 1.807) is 6.92 Å². The first-order valence-corrected chi connectivity index (χ1v) is 10.2. The number of esters is 1. The molecule has 1 unspecified atom stereocenters. The highest BCUT2D eigenvalue weighted by Gasteiger charge is 2.13. The number of hydrogen-bond acceptors (Lipinski definition) is 5. The maximum atomic E-state index is 11.6. The quantitative estimate of drug-likeness (QED) is 0.373. The van der Waals surface area contributed by atoms with E-state index in [0.717, 1.165) is 34.7 Å². The van der Waals surface area contributed by atoms with Crippen molar-refractivity contribution in [2.45, 2.75) is 20.3 Å². The number of ether oxygens (including phenoxy) is 1. The number of nitrogens with one attached hydrogen (secondary N) is 1. The largest absolute Gasteiger partial charge is 0.465 e. The lowest BCUT2D eigenvalue weighted by molar-refractivity contribution is -0.141. The van der Waals surface area contributed by atoms with Gasteiger partial charge in [-0.15, -0.1) is 0 Å². The van der Waals surface area contributed by atoms with Gasteiger partial charge in [0.15, 0.2) is 8.30 Å². The zero-order valence-electron chi connectivity index (χ0n) is 15.3. The fraction of sp³-hybridized carbons (Fsp3) is 0.350. The lowest BCUT2D eigenvalue weighted by Gasteiger charge is -2.19. The maximum Gasteiger partial charge on any atom is 0.320 e. The molecule has 0 aliphatic rings. The summed E-state index contributed by atoms with van der Waals surface area (Å²) in [6.07, 6.45) is 3.49. The second-order valence-corrected chi connectivity index (χ2v) is 7.54. The zero-order valence-corrected chi connectivity index (χ0v) is 16.2. The Kier molecular flexibility index (Phi) is 8.56. The minimum atomic E-state index is -1.05. The van der Waals surface area contributed by atoms with Crippen molar-refractivity contribution in [3.8, 4) is 5.75 Å². The van der Waals surface area contributed by atoms with Gasteiger partial charge in [0, 0.05) is 6.16 Å². The number of aliphatic hydroxyl groups is 1. The molecule has 2 N–H and O–H groups in total. The number of carbonyl (C=O) groups excluding carboxylic acids is 1. The van der Waals surface area contributed by atoms with Gasteiger partial charge in [0.2, 0.25) is 0 Å². The maximum absolute atomic E-state index is 11.6. The number of carbonyl (C=O) groups is 1. The predicted molar refractivity (Wildman–Crippen MR) is 106 cm³/mol. The highest BCUT2D eigenvalue weighted by molar-refractivity contribution is 7.50. The molecule has 0 heterocycles. The molecule has 0 spiro atoms. The Morgan fingerprint density at radius 1 is 1.23 bits per heavy atom. The van der Waals surface area contributed by atoms with E-state index in [-0.39, 0.29) is 19.1 Å². The van der Waals surface area contributed by atoms with Gasteiger partial charge in [-0.25, -0.2) is 0 Å². The average Bonchev–Trinajstić information content (AvgIpc) is 2.66. The van der Waals surface area contributed by atoms with E-state index >= 15 is 0 Å². The van der Waals surface area contributed by atoms with Crippen LogP contribution in [0, 0.1) is 0 Å². The Bertz CT molecular complexity index is 747. The molecule has 140 valence electrons. The second-order valence-electron chi connectivity index (χ2n) is 5.84. The molecule has 5 nitrogen and oxygen atoms in total. The molecule has 1 atom stereocenters. The summed E-state index contributed by atoms with van der Waals surface area (Å²) in [6.45, 7) is 4.21. The van der Waals surface area contributed by atoms with E-state index in [9.17, 15) is 4.79 Å². The summed E-state index contributed by atoms with van der Waals surface area (Å²) in [4.78, 5) is 11.6. The molecule has 2 aromatic rings. The van der Waals surface area contributed by atoms with Crippen molar-refractivity contribution in [2.24, 2.45) is 0 Å². The molecule has 0 aromatic heterocycles. The van der Waals surface area contributed by atoms with E-state index in [2.05, 4.69) is 11.2 Å². The van der Waals surface area contributed by atoms with Crippen LogP contribution in [0.25, 0.3) is 10.8 Å². The Balaban J connectivity index is 2.03. The Morgan fingerprint density at radius 3 is 2.73 bits per heavy atom. The molecule has 0 fully saturated rings. The number of fused-ring (bicyclic) bond motifs is 1. The summed E-state index contributed by atoms with van der Waals surface area (Å²) < 4.78 is 11.1. The van der Waals surface area contributed by atoms with Crippen LogP contribution in [-0.2, 0) is 9.53 Å². The average molecular weight is 375 g/mol. The van der Waals surface area contributed by atoms with Crippen LogP contribution in [0.4, 0.5) is 0 Å². The van der Waals surface area contributed by atoms with Crippen molar-refractivity contribution < 1.29 is 19.2 Å². The van der Waals surface area contributed by atoms with Crippen LogP contribution in [0.1, 0.15) is 20.3 Å². The number of rotatable bonds is 10. The molecule has 0 radical (unpaired) electrons. The molecule has 0 amide bonds. The third kappa shape index (κ3) is 6.75. The van der Waals surface area contributed by atoms with Crippen LogP contribution in [0.2, 0.25) is 0 Å². The minimum Gasteiger partial charge on any atom is -0.465 e. The second kappa shape index (κ2) is 10.9. The number of aliphatic hydroxyl groups excluding tert-OH is 1. The van der Waals surface area contributed by atoms with Crippen molar-refractivity contribution in [1.29, 1.82) is 0 Å². The molecule has 26 heavy (non-hydrogen) atoms. The Morgan fingerprint density at radius 2 is 2.00 bits per heavy atom. The minimum absolute atomic E-state index is 0.0553. The molecule has 0 bridgehead atoms. The summed E-state index contributed by atoms with van der Waals surface area (Å²) in [5.74, 6) is 0.484. The SMILES string of the molecule is CCOC(=O)CNP(CC/C=C(\C)CO)Oc1ccc2ccccc2c1. The molecule has 2 rings (SSSR count). The van der Waals surface area contributed by atoms with Crippen molar-refractivity contribution >= 4 is 25.0 Å². The number of hydrogen-bond donors (Lipinski definition) is 2. The Hall–Kier alpha value is -1.94. The molecule has 0 saturated carbocycles. The zero-order chi connectivity index (χ0) is 18.8. The highest BCUT2D eigenvalue weighted by atomic mass is 31.2.